The molecule has 0 aromatic heterocycles. The molecule has 1 aliphatic rings. The Morgan fingerprint density at radius 3 is 2.42 bits per heavy atom. The van der Waals surface area contributed by atoms with Crippen molar-refractivity contribution in [3.05, 3.63) is 35.4 Å². The van der Waals surface area contributed by atoms with Crippen molar-refractivity contribution in [2.24, 2.45) is 0 Å². The van der Waals surface area contributed by atoms with Crippen LogP contribution < -0.4 is 0 Å². The van der Waals surface area contributed by atoms with Crippen LogP contribution in [0.4, 0.5) is 0 Å². The number of aryl methyl sites for hydroxylation is 1. The Hall–Kier alpha value is -1.23. The van der Waals surface area contributed by atoms with Gasteiger partial charge in [0.05, 0.1) is 18.8 Å². The fraction of sp³-hybridized carbons (Fsp3) is 0.533. The van der Waals surface area contributed by atoms with Crippen molar-refractivity contribution in [1.82, 2.24) is 4.90 Å². The molecule has 1 saturated heterocycles. The normalized spacial score (nSPS) is 23.7. The number of methoxy groups -OCH3 is 2. The summed E-state index contributed by atoms with van der Waals surface area (Å²) in [4.78, 5) is 14.3. The topological polar surface area (TPSA) is 38.8 Å². The Balaban J connectivity index is 1.97. The van der Waals surface area contributed by atoms with E-state index in [4.69, 9.17) is 9.47 Å². The zero-order valence-electron chi connectivity index (χ0n) is 11.8. The summed E-state index contributed by atoms with van der Waals surface area (Å²) in [6.45, 7) is 3.90. The smallest absolute Gasteiger partial charge is 0.176 e. The molecule has 0 bridgehead atoms. The van der Waals surface area contributed by atoms with Crippen LogP contribution in [0.5, 0.6) is 0 Å². The number of hydrogen-bond donors (Lipinski definition) is 0. The van der Waals surface area contributed by atoms with E-state index in [1.54, 1.807) is 14.2 Å². The Morgan fingerprint density at radius 2 is 1.89 bits per heavy atom. The first kappa shape index (κ1) is 14.2. The lowest BCUT2D eigenvalue weighted by atomic mass is 10.1. The van der Waals surface area contributed by atoms with Crippen molar-refractivity contribution in [2.75, 3.05) is 33.9 Å². The van der Waals surface area contributed by atoms with Crippen LogP contribution in [0.1, 0.15) is 15.9 Å². The van der Waals surface area contributed by atoms with Crippen molar-refractivity contribution in [2.45, 2.75) is 19.1 Å². The van der Waals surface area contributed by atoms with Gasteiger partial charge in [-0.15, -0.1) is 0 Å². The van der Waals surface area contributed by atoms with Gasteiger partial charge < -0.3 is 9.47 Å². The second kappa shape index (κ2) is 6.28. The number of ether oxygens (including phenoxy) is 2. The molecule has 0 spiro atoms. The van der Waals surface area contributed by atoms with Crippen LogP contribution >= 0.6 is 0 Å². The number of hydrogen-bond acceptors (Lipinski definition) is 4. The average Bonchev–Trinajstić information content (AvgIpc) is 2.80. The van der Waals surface area contributed by atoms with E-state index in [-0.39, 0.29) is 18.0 Å². The highest BCUT2D eigenvalue weighted by Crippen LogP contribution is 2.16. The minimum Gasteiger partial charge on any atom is -0.377 e. The number of carbonyl (C=O) groups is 1. The van der Waals surface area contributed by atoms with Crippen molar-refractivity contribution in [3.63, 3.8) is 0 Å². The molecule has 0 saturated carbocycles. The fourth-order valence-electron chi connectivity index (χ4n) is 2.51. The molecule has 1 aliphatic heterocycles. The zero-order valence-corrected chi connectivity index (χ0v) is 11.8. The molecular formula is C15H21NO3. The van der Waals surface area contributed by atoms with E-state index < -0.39 is 0 Å². The van der Waals surface area contributed by atoms with E-state index in [0.29, 0.717) is 6.54 Å². The lowest BCUT2D eigenvalue weighted by molar-refractivity contribution is -0.00461. The molecule has 104 valence electrons. The number of benzene rings is 1. The van der Waals surface area contributed by atoms with Gasteiger partial charge in [0.15, 0.2) is 5.78 Å². The van der Waals surface area contributed by atoms with Crippen LogP contribution in [0.3, 0.4) is 0 Å². The van der Waals surface area contributed by atoms with E-state index in [2.05, 4.69) is 4.90 Å². The fourth-order valence-corrected chi connectivity index (χ4v) is 2.51. The molecule has 0 N–H and O–H groups in total. The number of carbonyl (C=O) groups excluding carboxylic acids is 1. The summed E-state index contributed by atoms with van der Waals surface area (Å²) in [5.41, 5.74) is 1.88. The minimum absolute atomic E-state index is 0.0512. The highest BCUT2D eigenvalue weighted by molar-refractivity contribution is 5.97. The second-order valence-electron chi connectivity index (χ2n) is 5.04. The monoisotopic (exact) mass is 263 g/mol. The summed E-state index contributed by atoms with van der Waals surface area (Å²) in [6, 6.07) is 7.71. The molecule has 4 heteroatoms. The van der Waals surface area contributed by atoms with Crippen molar-refractivity contribution in [3.8, 4) is 0 Å². The van der Waals surface area contributed by atoms with E-state index in [9.17, 15) is 4.79 Å². The molecular weight excluding hydrogens is 242 g/mol. The van der Waals surface area contributed by atoms with Gasteiger partial charge in [-0.2, -0.15) is 0 Å². The van der Waals surface area contributed by atoms with Gasteiger partial charge in [0, 0.05) is 32.9 Å². The van der Waals surface area contributed by atoms with Crippen molar-refractivity contribution >= 4 is 5.78 Å². The van der Waals surface area contributed by atoms with Crippen LogP contribution in [-0.2, 0) is 9.47 Å². The van der Waals surface area contributed by atoms with E-state index in [1.165, 1.54) is 0 Å². The first-order valence-electron chi connectivity index (χ1n) is 6.52. The van der Waals surface area contributed by atoms with Gasteiger partial charge in [-0.25, -0.2) is 0 Å². The Labute approximate surface area is 114 Å². The highest BCUT2D eigenvalue weighted by Gasteiger charge is 2.33. The van der Waals surface area contributed by atoms with Crippen LogP contribution in [0.2, 0.25) is 0 Å². The molecule has 2 unspecified atom stereocenters. The maximum atomic E-state index is 12.2. The van der Waals surface area contributed by atoms with E-state index >= 15 is 0 Å². The predicted octanol–water partition coefficient (Wildman–Crippen LogP) is 1.52. The maximum absolute atomic E-state index is 12.2. The van der Waals surface area contributed by atoms with Gasteiger partial charge in [0.25, 0.3) is 0 Å². The summed E-state index contributed by atoms with van der Waals surface area (Å²) in [6.07, 6.45) is 0.102. The van der Waals surface area contributed by atoms with Gasteiger partial charge in [-0.05, 0) is 13.0 Å². The third kappa shape index (κ3) is 3.41. The maximum Gasteiger partial charge on any atom is 0.176 e. The van der Waals surface area contributed by atoms with Crippen LogP contribution in [-0.4, -0.2) is 56.7 Å². The SMILES string of the molecule is COC1CN(CC(=O)c2cccc(C)c2)CC1OC. The van der Waals surface area contributed by atoms with Gasteiger partial charge in [-0.3, -0.25) is 9.69 Å². The molecule has 2 rings (SSSR count). The highest BCUT2D eigenvalue weighted by atomic mass is 16.5. The number of nitrogens with zero attached hydrogens (tertiary/aromatic N) is 1. The van der Waals surface area contributed by atoms with Crippen LogP contribution in [0, 0.1) is 6.92 Å². The molecule has 19 heavy (non-hydrogen) atoms. The molecule has 0 radical (unpaired) electrons. The molecule has 1 fully saturated rings. The van der Waals surface area contributed by atoms with Crippen LogP contribution in [0.25, 0.3) is 0 Å². The standard InChI is InChI=1S/C15H21NO3/c1-11-5-4-6-12(7-11)13(17)8-16-9-14(18-2)15(10-16)19-3/h4-7,14-15H,8-10H2,1-3H3. The average molecular weight is 263 g/mol. The molecule has 4 nitrogen and oxygen atoms in total. The van der Waals surface area contributed by atoms with E-state index in [0.717, 1.165) is 24.2 Å². The molecule has 0 amide bonds. The first-order valence-corrected chi connectivity index (χ1v) is 6.52. The lowest BCUT2D eigenvalue weighted by Gasteiger charge is -2.14. The van der Waals surface area contributed by atoms with Gasteiger partial charge in [0.1, 0.15) is 0 Å². The Kier molecular flexibility index (Phi) is 4.69. The van der Waals surface area contributed by atoms with E-state index in [1.807, 2.05) is 31.2 Å². The molecule has 1 aromatic carbocycles. The Bertz CT molecular complexity index is 435. The lowest BCUT2D eigenvalue weighted by Crippen LogP contribution is -2.29. The molecule has 0 aliphatic carbocycles. The molecule has 2 atom stereocenters. The number of likely N-dealkylation sites (tertiary alicyclic amines) is 1. The quantitative estimate of drug-likeness (QED) is 0.755. The second-order valence-corrected chi connectivity index (χ2v) is 5.04. The minimum atomic E-state index is 0.0512. The van der Waals surface area contributed by atoms with Crippen LogP contribution in [0.15, 0.2) is 24.3 Å². The summed E-state index contributed by atoms with van der Waals surface area (Å²) in [5, 5.41) is 0. The molecule has 1 aromatic rings. The van der Waals surface area contributed by atoms with Gasteiger partial charge in [0.2, 0.25) is 0 Å². The third-order valence-electron chi connectivity index (χ3n) is 3.60. The first-order chi connectivity index (χ1) is 9.13. The van der Waals surface area contributed by atoms with Gasteiger partial charge in [-0.1, -0.05) is 23.8 Å². The number of ketones is 1. The van der Waals surface area contributed by atoms with Crippen molar-refractivity contribution < 1.29 is 14.3 Å². The molecule has 1 heterocycles. The summed E-state index contributed by atoms with van der Waals surface area (Å²) in [7, 11) is 3.37. The summed E-state index contributed by atoms with van der Waals surface area (Å²) >= 11 is 0. The van der Waals surface area contributed by atoms with Crippen molar-refractivity contribution in [1.29, 1.82) is 0 Å². The summed E-state index contributed by atoms with van der Waals surface area (Å²) < 4.78 is 10.7. The third-order valence-corrected chi connectivity index (χ3v) is 3.60. The largest absolute Gasteiger partial charge is 0.377 e. The summed E-state index contributed by atoms with van der Waals surface area (Å²) in [5.74, 6) is 0.148. The zero-order chi connectivity index (χ0) is 13.8. The number of rotatable bonds is 5. The Morgan fingerprint density at radius 1 is 1.26 bits per heavy atom. The predicted molar refractivity (Wildman–Crippen MR) is 73.5 cm³/mol. The number of Topliss-reactive ketones (excluding diaryl/α,β-unsaturated/α-hetero) is 1. The van der Waals surface area contributed by atoms with Gasteiger partial charge >= 0.3 is 0 Å².